The molecule has 1 amide bonds. The Labute approximate surface area is 187 Å². The summed E-state index contributed by atoms with van der Waals surface area (Å²) in [6.07, 6.45) is 0. The third kappa shape index (κ3) is 3.54. The van der Waals surface area contributed by atoms with Crippen LogP contribution in [-0.2, 0) is 4.79 Å². The maximum absolute atomic E-state index is 12.8. The second-order valence-corrected chi connectivity index (χ2v) is 8.19. The van der Waals surface area contributed by atoms with E-state index in [1.54, 1.807) is 49.6 Å². The molecular weight excluding hydrogens is 426 g/mol. The Kier molecular flexibility index (Phi) is 4.99. The molecule has 2 N–H and O–H groups in total. The van der Waals surface area contributed by atoms with Gasteiger partial charge in [-0.2, -0.15) is 0 Å². The second-order valence-electron chi connectivity index (χ2n) is 7.23. The molecule has 0 fully saturated rings. The average molecular weight is 443 g/mol. The summed E-state index contributed by atoms with van der Waals surface area (Å²) in [5.74, 6) is 0.189. The molecule has 1 aliphatic carbocycles. The predicted molar refractivity (Wildman–Crippen MR) is 122 cm³/mol. The number of carbonyl (C=O) groups is 3. The third-order valence-electron chi connectivity index (χ3n) is 5.22. The van der Waals surface area contributed by atoms with E-state index in [4.69, 9.17) is 4.74 Å². The van der Waals surface area contributed by atoms with Crippen molar-refractivity contribution in [2.75, 3.05) is 18.2 Å². The number of fused-ring (bicyclic) bond motifs is 3. The van der Waals surface area contributed by atoms with Crippen molar-refractivity contribution in [1.82, 2.24) is 9.97 Å². The Bertz CT molecular complexity index is 1410. The molecule has 0 saturated carbocycles. The van der Waals surface area contributed by atoms with Gasteiger partial charge in [0.15, 0.2) is 16.7 Å². The number of methoxy groups -OCH3 is 1. The van der Waals surface area contributed by atoms with Crippen molar-refractivity contribution >= 4 is 46.0 Å². The highest BCUT2D eigenvalue weighted by atomic mass is 32.2. The number of nitrogens with zero attached hydrogens (tertiary/aromatic N) is 1. The summed E-state index contributed by atoms with van der Waals surface area (Å²) in [7, 11) is 1.60. The second kappa shape index (κ2) is 7.97. The number of anilines is 1. The van der Waals surface area contributed by atoms with E-state index in [9.17, 15) is 14.4 Å². The first-order chi connectivity index (χ1) is 15.5. The number of aromatic amines is 1. The van der Waals surface area contributed by atoms with Crippen LogP contribution in [0.3, 0.4) is 0 Å². The number of nitrogens with one attached hydrogen (secondary N) is 2. The van der Waals surface area contributed by atoms with Crippen LogP contribution in [0.4, 0.5) is 5.69 Å². The Balaban J connectivity index is 1.29. The van der Waals surface area contributed by atoms with Gasteiger partial charge in [-0.05, 0) is 30.3 Å². The number of thioether (sulfide) groups is 1. The first-order valence-electron chi connectivity index (χ1n) is 9.82. The number of benzene rings is 3. The summed E-state index contributed by atoms with van der Waals surface area (Å²) < 4.78 is 5.21. The quantitative estimate of drug-likeness (QED) is 0.397. The number of ketones is 2. The molecule has 0 atom stereocenters. The van der Waals surface area contributed by atoms with Gasteiger partial charge in [0.05, 0.1) is 23.9 Å². The summed E-state index contributed by atoms with van der Waals surface area (Å²) in [4.78, 5) is 45.6. The van der Waals surface area contributed by atoms with Crippen LogP contribution < -0.4 is 10.1 Å². The third-order valence-corrected chi connectivity index (χ3v) is 6.09. The lowest BCUT2D eigenvalue weighted by atomic mass is 9.84. The number of carbonyl (C=O) groups excluding carboxylic acids is 3. The zero-order valence-corrected chi connectivity index (χ0v) is 17.8. The molecule has 158 valence electrons. The number of hydrogen-bond acceptors (Lipinski definition) is 6. The van der Waals surface area contributed by atoms with Gasteiger partial charge in [0, 0.05) is 34.0 Å². The minimum atomic E-state index is -0.247. The smallest absolute Gasteiger partial charge is 0.234 e. The molecule has 32 heavy (non-hydrogen) atoms. The minimum absolute atomic E-state index is 0.129. The van der Waals surface area contributed by atoms with Crippen molar-refractivity contribution in [1.29, 1.82) is 0 Å². The van der Waals surface area contributed by atoms with Crippen LogP contribution in [0, 0.1) is 0 Å². The summed E-state index contributed by atoms with van der Waals surface area (Å²) in [6.45, 7) is 0. The van der Waals surface area contributed by atoms with E-state index in [-0.39, 0.29) is 23.2 Å². The van der Waals surface area contributed by atoms with E-state index in [1.807, 2.05) is 18.2 Å². The number of hydrogen-bond donors (Lipinski definition) is 2. The first-order valence-corrected chi connectivity index (χ1v) is 10.8. The number of ether oxygens (including phenoxy) is 1. The Hall–Kier alpha value is -3.91. The molecule has 4 aromatic rings. The van der Waals surface area contributed by atoms with E-state index in [0.717, 1.165) is 16.8 Å². The fraction of sp³-hybridized carbons (Fsp3) is 0.0833. The lowest BCUT2D eigenvalue weighted by Gasteiger charge is -2.18. The van der Waals surface area contributed by atoms with E-state index in [2.05, 4.69) is 15.3 Å². The lowest BCUT2D eigenvalue weighted by molar-refractivity contribution is -0.113. The zero-order valence-electron chi connectivity index (χ0n) is 17.0. The summed E-state index contributed by atoms with van der Waals surface area (Å²) >= 11 is 1.27. The summed E-state index contributed by atoms with van der Waals surface area (Å²) in [6, 6.07) is 17.0. The topological polar surface area (TPSA) is 101 Å². The van der Waals surface area contributed by atoms with Gasteiger partial charge in [-0.15, -0.1) is 0 Å². The Morgan fingerprint density at radius 2 is 1.69 bits per heavy atom. The Morgan fingerprint density at radius 1 is 0.969 bits per heavy atom. The molecule has 1 aromatic heterocycles. The fourth-order valence-electron chi connectivity index (χ4n) is 3.67. The van der Waals surface area contributed by atoms with E-state index < -0.39 is 0 Å². The van der Waals surface area contributed by atoms with Gasteiger partial charge in [-0.25, -0.2) is 4.98 Å². The molecule has 1 heterocycles. The molecule has 8 heteroatoms. The number of amides is 1. The monoisotopic (exact) mass is 443 g/mol. The number of rotatable bonds is 5. The maximum Gasteiger partial charge on any atom is 0.234 e. The normalized spacial score (nSPS) is 12.4. The molecule has 0 aliphatic heterocycles. The largest absolute Gasteiger partial charge is 0.497 e. The fourth-order valence-corrected chi connectivity index (χ4v) is 4.35. The van der Waals surface area contributed by atoms with Gasteiger partial charge in [0.1, 0.15) is 5.75 Å². The number of imidazole rings is 1. The minimum Gasteiger partial charge on any atom is -0.497 e. The van der Waals surface area contributed by atoms with Crippen molar-refractivity contribution in [2.24, 2.45) is 0 Å². The number of aromatic nitrogens is 2. The van der Waals surface area contributed by atoms with Crippen LogP contribution in [0.1, 0.15) is 31.8 Å². The van der Waals surface area contributed by atoms with Crippen molar-refractivity contribution in [3.63, 3.8) is 0 Å². The van der Waals surface area contributed by atoms with Crippen molar-refractivity contribution in [3.8, 4) is 5.75 Å². The SMILES string of the molecule is COc1ccc2nc(SCC(=O)Nc3ccc4c(c3)C(=O)c3ccccc3C4=O)[nH]c2c1. The van der Waals surface area contributed by atoms with Crippen LogP contribution in [-0.4, -0.2) is 40.3 Å². The molecule has 3 aromatic carbocycles. The van der Waals surface area contributed by atoms with E-state index in [0.29, 0.717) is 33.1 Å². The van der Waals surface area contributed by atoms with E-state index in [1.165, 1.54) is 11.8 Å². The molecule has 7 nitrogen and oxygen atoms in total. The van der Waals surface area contributed by atoms with Gasteiger partial charge in [0.25, 0.3) is 0 Å². The highest BCUT2D eigenvalue weighted by Crippen LogP contribution is 2.29. The molecule has 5 rings (SSSR count). The molecule has 0 unspecified atom stereocenters. The maximum atomic E-state index is 12.8. The summed E-state index contributed by atoms with van der Waals surface area (Å²) in [5.41, 5.74) is 3.50. The first kappa shape index (κ1) is 20.0. The van der Waals surface area contributed by atoms with Gasteiger partial charge in [-0.1, -0.05) is 36.0 Å². The standard InChI is InChI=1S/C24H17N3O4S/c1-31-14-7-9-19-20(11-14)27-24(26-19)32-12-21(28)25-13-6-8-17-18(10-13)23(30)16-5-3-2-4-15(16)22(17)29/h2-11H,12H2,1H3,(H,25,28)(H,26,27). The van der Waals surface area contributed by atoms with Crippen LogP contribution >= 0.6 is 11.8 Å². The zero-order chi connectivity index (χ0) is 22.2. The van der Waals surface area contributed by atoms with Crippen LogP contribution in [0.25, 0.3) is 11.0 Å². The van der Waals surface area contributed by atoms with Gasteiger partial charge in [0.2, 0.25) is 5.91 Å². The van der Waals surface area contributed by atoms with Crippen LogP contribution in [0.15, 0.2) is 65.8 Å². The van der Waals surface area contributed by atoms with Crippen LogP contribution in [0.2, 0.25) is 0 Å². The molecule has 0 bridgehead atoms. The lowest BCUT2D eigenvalue weighted by Crippen LogP contribution is -2.21. The molecular formula is C24H17N3O4S. The van der Waals surface area contributed by atoms with Gasteiger partial charge in [-0.3, -0.25) is 14.4 Å². The molecule has 0 radical (unpaired) electrons. The number of H-pyrrole nitrogens is 1. The van der Waals surface area contributed by atoms with E-state index >= 15 is 0 Å². The van der Waals surface area contributed by atoms with Gasteiger partial charge < -0.3 is 15.0 Å². The molecule has 1 aliphatic rings. The van der Waals surface area contributed by atoms with Gasteiger partial charge >= 0.3 is 0 Å². The highest BCUT2D eigenvalue weighted by molar-refractivity contribution is 7.99. The van der Waals surface area contributed by atoms with Crippen LogP contribution in [0.5, 0.6) is 5.75 Å². The summed E-state index contributed by atoms with van der Waals surface area (Å²) in [5, 5.41) is 3.41. The molecule has 0 saturated heterocycles. The van der Waals surface area contributed by atoms with Crippen molar-refractivity contribution in [2.45, 2.75) is 5.16 Å². The highest BCUT2D eigenvalue weighted by Gasteiger charge is 2.29. The van der Waals surface area contributed by atoms with Crippen molar-refractivity contribution in [3.05, 3.63) is 82.9 Å². The Morgan fingerprint density at radius 3 is 2.44 bits per heavy atom. The van der Waals surface area contributed by atoms with Crippen molar-refractivity contribution < 1.29 is 19.1 Å². The predicted octanol–water partition coefficient (Wildman–Crippen LogP) is 4.08. The average Bonchev–Trinajstić information content (AvgIpc) is 3.23. The molecule has 0 spiro atoms.